The van der Waals surface area contributed by atoms with Crippen LogP contribution in [-0.4, -0.2) is 68.1 Å². The number of amides is 1. The highest BCUT2D eigenvalue weighted by Gasteiger charge is 2.14. The van der Waals surface area contributed by atoms with Gasteiger partial charge in [0, 0.05) is 58.6 Å². The molecule has 0 spiro atoms. The molecule has 6 nitrogen and oxygen atoms in total. The third-order valence-electron chi connectivity index (χ3n) is 3.80. The van der Waals surface area contributed by atoms with Gasteiger partial charge in [0.05, 0.1) is 0 Å². The van der Waals surface area contributed by atoms with E-state index in [0.717, 1.165) is 45.8 Å². The van der Waals surface area contributed by atoms with Gasteiger partial charge < -0.3 is 15.5 Å². The van der Waals surface area contributed by atoms with Gasteiger partial charge in [-0.05, 0) is 11.8 Å². The normalized spacial score (nSPS) is 16.3. The predicted molar refractivity (Wildman–Crippen MR) is 97.3 cm³/mol. The van der Waals surface area contributed by atoms with Crippen molar-refractivity contribution in [3.63, 3.8) is 0 Å². The third-order valence-corrected chi connectivity index (χ3v) is 3.80. The molecular weight excluding hydrogens is 302 g/mol. The molecule has 0 aromatic carbocycles. The molecule has 0 radical (unpaired) electrons. The Morgan fingerprint density at radius 2 is 1.83 bits per heavy atom. The van der Waals surface area contributed by atoms with Gasteiger partial charge in [-0.2, -0.15) is 5.26 Å². The largest absolute Gasteiger partial charge is 0.376 e. The summed E-state index contributed by atoms with van der Waals surface area (Å²) in [6.45, 7) is 15.7. The molecule has 0 saturated carbocycles. The molecule has 1 fully saturated rings. The van der Waals surface area contributed by atoms with Crippen LogP contribution in [0.5, 0.6) is 0 Å². The Balaban J connectivity index is 2.53. The first-order valence-electron chi connectivity index (χ1n) is 8.99. The fourth-order valence-corrected chi connectivity index (χ4v) is 2.80. The minimum atomic E-state index is -0.273. The van der Waals surface area contributed by atoms with Gasteiger partial charge in [-0.3, -0.25) is 9.69 Å². The monoisotopic (exact) mass is 335 g/mol. The topological polar surface area (TPSA) is 71.4 Å². The van der Waals surface area contributed by atoms with E-state index < -0.39 is 0 Å². The molecule has 6 heteroatoms. The van der Waals surface area contributed by atoms with Gasteiger partial charge in [0.2, 0.25) is 0 Å². The molecule has 0 aliphatic carbocycles. The Labute approximate surface area is 146 Å². The highest BCUT2D eigenvalue weighted by Crippen LogP contribution is 2.07. The first-order chi connectivity index (χ1) is 11.4. The quantitative estimate of drug-likeness (QED) is 0.486. The van der Waals surface area contributed by atoms with Crippen molar-refractivity contribution >= 4 is 5.91 Å². The van der Waals surface area contributed by atoms with Crippen LogP contribution in [0.2, 0.25) is 0 Å². The predicted octanol–water partition coefficient (Wildman–Crippen LogP) is 1.03. The van der Waals surface area contributed by atoms with Crippen LogP contribution in [0.4, 0.5) is 0 Å². The van der Waals surface area contributed by atoms with Crippen LogP contribution in [0, 0.1) is 23.2 Å². The summed E-state index contributed by atoms with van der Waals surface area (Å²) in [7, 11) is 0. The summed E-state index contributed by atoms with van der Waals surface area (Å²) < 4.78 is 0. The number of carbonyl (C=O) groups excluding carboxylic acids is 1. The number of rotatable bonds is 9. The molecule has 0 bridgehead atoms. The number of piperazine rings is 1. The summed E-state index contributed by atoms with van der Waals surface area (Å²) in [4.78, 5) is 16.7. The number of nitrogens with one attached hydrogen (secondary N) is 2. The molecule has 1 amide bonds. The van der Waals surface area contributed by atoms with Gasteiger partial charge in [0.15, 0.2) is 0 Å². The molecule has 1 rings (SSSR count). The van der Waals surface area contributed by atoms with E-state index in [1.54, 1.807) is 6.20 Å². The minimum absolute atomic E-state index is 0.191. The molecule has 0 atom stereocenters. The van der Waals surface area contributed by atoms with Gasteiger partial charge in [0.25, 0.3) is 5.91 Å². The van der Waals surface area contributed by atoms with E-state index in [-0.39, 0.29) is 11.5 Å². The van der Waals surface area contributed by atoms with Crippen LogP contribution in [0.1, 0.15) is 27.7 Å². The number of hydrogen-bond donors (Lipinski definition) is 2. The van der Waals surface area contributed by atoms with Crippen LogP contribution >= 0.6 is 0 Å². The summed E-state index contributed by atoms with van der Waals surface area (Å²) in [5.74, 6) is 0.691. The maximum Gasteiger partial charge on any atom is 0.263 e. The minimum Gasteiger partial charge on any atom is -0.376 e. The number of hydrogen-bond acceptors (Lipinski definition) is 5. The average Bonchev–Trinajstić information content (AvgIpc) is 2.52. The zero-order chi connectivity index (χ0) is 17.9. The smallest absolute Gasteiger partial charge is 0.263 e. The van der Waals surface area contributed by atoms with E-state index in [0.29, 0.717) is 18.4 Å². The molecular formula is C18H33N5O. The van der Waals surface area contributed by atoms with Crippen molar-refractivity contribution in [2.45, 2.75) is 27.7 Å². The van der Waals surface area contributed by atoms with Crippen molar-refractivity contribution < 1.29 is 4.79 Å². The Morgan fingerprint density at radius 3 is 2.33 bits per heavy atom. The molecule has 1 heterocycles. The van der Waals surface area contributed by atoms with Gasteiger partial charge >= 0.3 is 0 Å². The van der Waals surface area contributed by atoms with Crippen molar-refractivity contribution in [2.24, 2.45) is 11.8 Å². The van der Waals surface area contributed by atoms with Gasteiger partial charge in [-0.25, -0.2) is 0 Å². The van der Waals surface area contributed by atoms with Gasteiger partial charge in [-0.1, -0.05) is 27.7 Å². The summed E-state index contributed by atoms with van der Waals surface area (Å²) >= 11 is 0. The lowest BCUT2D eigenvalue weighted by Gasteiger charge is -2.27. The van der Waals surface area contributed by atoms with Crippen LogP contribution in [-0.2, 0) is 4.79 Å². The fraction of sp³-hybridized carbons (Fsp3) is 0.778. The molecule has 0 aromatic heterocycles. The number of nitrogens with zero attached hydrogens (tertiary/aromatic N) is 3. The summed E-state index contributed by atoms with van der Waals surface area (Å²) in [5, 5.41) is 15.5. The lowest BCUT2D eigenvalue weighted by atomic mass is 10.1. The van der Waals surface area contributed by atoms with Crippen molar-refractivity contribution in [1.29, 1.82) is 5.26 Å². The standard InChI is InChI=1S/C18H33N5O/c1-15(2)12-23(13-16(3)4)14-17(11-19)18(24)21-7-10-22-8-5-20-6-9-22/h14-16,20H,5-10,12-13H2,1-4H3,(H,21,24)/b17-14-. The lowest BCUT2D eigenvalue weighted by molar-refractivity contribution is -0.117. The first-order valence-corrected chi connectivity index (χ1v) is 8.99. The molecule has 1 saturated heterocycles. The van der Waals surface area contributed by atoms with Crippen LogP contribution in [0.25, 0.3) is 0 Å². The first kappa shape index (κ1) is 20.5. The molecule has 2 N–H and O–H groups in total. The molecule has 0 aromatic rings. The highest BCUT2D eigenvalue weighted by molar-refractivity contribution is 5.97. The summed E-state index contributed by atoms with van der Waals surface area (Å²) in [6, 6.07) is 2.05. The number of carbonyl (C=O) groups is 1. The van der Waals surface area contributed by atoms with E-state index >= 15 is 0 Å². The molecule has 136 valence electrons. The SMILES string of the molecule is CC(C)CN(/C=C(/C#N)C(=O)NCCN1CCNCC1)CC(C)C. The summed E-state index contributed by atoms with van der Waals surface area (Å²) in [5.41, 5.74) is 0.191. The average molecular weight is 335 g/mol. The molecule has 0 unspecified atom stereocenters. The third kappa shape index (κ3) is 8.32. The fourth-order valence-electron chi connectivity index (χ4n) is 2.80. The van der Waals surface area contributed by atoms with Crippen molar-refractivity contribution in [2.75, 3.05) is 52.4 Å². The van der Waals surface area contributed by atoms with Crippen LogP contribution < -0.4 is 10.6 Å². The Kier molecular flexibility index (Phi) is 9.43. The lowest BCUT2D eigenvalue weighted by Crippen LogP contribution is -2.46. The van der Waals surface area contributed by atoms with E-state index in [1.165, 1.54) is 0 Å². The maximum atomic E-state index is 12.3. The van der Waals surface area contributed by atoms with Crippen LogP contribution in [0.15, 0.2) is 11.8 Å². The second-order valence-corrected chi connectivity index (χ2v) is 7.24. The van der Waals surface area contributed by atoms with Gasteiger partial charge in [-0.15, -0.1) is 0 Å². The molecule has 1 aliphatic heterocycles. The Morgan fingerprint density at radius 1 is 1.25 bits per heavy atom. The van der Waals surface area contributed by atoms with E-state index in [9.17, 15) is 10.1 Å². The Bertz CT molecular complexity index is 437. The highest BCUT2D eigenvalue weighted by atomic mass is 16.1. The molecule has 24 heavy (non-hydrogen) atoms. The van der Waals surface area contributed by atoms with Crippen LogP contribution in [0.3, 0.4) is 0 Å². The van der Waals surface area contributed by atoms with E-state index in [4.69, 9.17) is 0 Å². The maximum absolute atomic E-state index is 12.3. The van der Waals surface area contributed by atoms with E-state index in [1.807, 2.05) is 0 Å². The second kappa shape index (κ2) is 11.1. The summed E-state index contributed by atoms with van der Waals surface area (Å²) in [6.07, 6.45) is 1.72. The van der Waals surface area contributed by atoms with Crippen molar-refractivity contribution in [3.8, 4) is 6.07 Å². The zero-order valence-corrected chi connectivity index (χ0v) is 15.6. The zero-order valence-electron chi connectivity index (χ0n) is 15.6. The second-order valence-electron chi connectivity index (χ2n) is 7.24. The molecule has 1 aliphatic rings. The van der Waals surface area contributed by atoms with Crippen molar-refractivity contribution in [3.05, 3.63) is 11.8 Å². The Hall–Kier alpha value is -1.58. The van der Waals surface area contributed by atoms with E-state index in [2.05, 4.69) is 54.2 Å². The van der Waals surface area contributed by atoms with Gasteiger partial charge in [0.1, 0.15) is 11.6 Å². The number of nitriles is 1. The van der Waals surface area contributed by atoms with Crippen molar-refractivity contribution in [1.82, 2.24) is 20.4 Å².